The fraction of sp³-hybridized carbons (Fsp3) is 0.455. The van der Waals surface area contributed by atoms with E-state index >= 15 is 0 Å². The third kappa shape index (κ3) is 7.08. The molecule has 11 heteroatoms. The average molecular weight is 520 g/mol. The minimum atomic E-state index is -0.389. The van der Waals surface area contributed by atoms with E-state index in [1.807, 2.05) is 19.9 Å². The molecule has 1 aromatic carbocycles. The molecule has 1 N–H and O–H groups in total. The number of nitrogens with zero attached hydrogens (tertiary/aromatic N) is 6. The minimum absolute atomic E-state index is 0.00101. The maximum atomic E-state index is 13.5. The molecule has 176 valence electrons. The number of morpholine rings is 1. The molecule has 2 heterocycles. The van der Waals surface area contributed by atoms with Gasteiger partial charge in [0.15, 0.2) is 5.82 Å². The van der Waals surface area contributed by atoms with Crippen molar-refractivity contribution in [2.75, 3.05) is 55.8 Å². The molecule has 0 spiro atoms. The number of ether oxygens (including phenoxy) is 1. The molecule has 3 rings (SSSR count). The second-order valence-electron chi connectivity index (χ2n) is 7.98. The Labute approximate surface area is 201 Å². The molecular formula is C22H27BrFN7O2. The number of hydrogen-bond acceptors (Lipinski definition) is 7. The van der Waals surface area contributed by atoms with E-state index in [2.05, 4.69) is 36.2 Å². The van der Waals surface area contributed by atoms with Crippen LogP contribution in [0.1, 0.15) is 19.7 Å². The first-order valence-corrected chi connectivity index (χ1v) is 11.5. The van der Waals surface area contributed by atoms with Crippen molar-refractivity contribution in [3.05, 3.63) is 46.6 Å². The van der Waals surface area contributed by atoms with Gasteiger partial charge < -0.3 is 4.74 Å². The Morgan fingerprint density at radius 2 is 2.03 bits per heavy atom. The van der Waals surface area contributed by atoms with Crippen molar-refractivity contribution < 1.29 is 13.9 Å². The van der Waals surface area contributed by atoms with Gasteiger partial charge in [0.25, 0.3) is 0 Å². The number of benzene rings is 1. The van der Waals surface area contributed by atoms with Gasteiger partial charge in [-0.1, -0.05) is 13.8 Å². The van der Waals surface area contributed by atoms with Crippen LogP contribution in [0.3, 0.4) is 0 Å². The third-order valence-electron chi connectivity index (χ3n) is 4.99. The molecule has 0 bridgehead atoms. The van der Waals surface area contributed by atoms with E-state index in [9.17, 15) is 14.4 Å². The molecule has 2 aromatic rings. The molecule has 33 heavy (non-hydrogen) atoms. The summed E-state index contributed by atoms with van der Waals surface area (Å²) >= 11 is 3.41. The van der Waals surface area contributed by atoms with Gasteiger partial charge in [0, 0.05) is 44.6 Å². The van der Waals surface area contributed by atoms with Crippen LogP contribution in [0.4, 0.5) is 20.7 Å². The van der Waals surface area contributed by atoms with Gasteiger partial charge in [-0.25, -0.2) is 19.6 Å². The van der Waals surface area contributed by atoms with E-state index in [4.69, 9.17) is 4.74 Å². The molecule has 1 aromatic heterocycles. The van der Waals surface area contributed by atoms with Crippen molar-refractivity contribution in [2.24, 2.45) is 5.92 Å². The largest absolute Gasteiger partial charge is 0.379 e. The molecule has 0 unspecified atom stereocenters. The minimum Gasteiger partial charge on any atom is -0.379 e. The Morgan fingerprint density at radius 1 is 1.33 bits per heavy atom. The number of rotatable bonds is 8. The predicted octanol–water partition coefficient (Wildman–Crippen LogP) is 3.18. The first-order chi connectivity index (χ1) is 15.9. The molecule has 9 nitrogen and oxygen atoms in total. The molecule has 1 fully saturated rings. The molecule has 1 aliphatic heterocycles. The number of carbonyl (C=O) groups is 1. The molecule has 0 atom stereocenters. The Bertz CT molecular complexity index is 978. The van der Waals surface area contributed by atoms with Gasteiger partial charge in [0.2, 0.25) is 5.82 Å². The standard InChI is InChI=1S/C22H27BrFN7O2/c1-16(2)15-31(21-19(23)14-26-20(13-25)27-21)28-22(32)30(18-5-3-17(24)4-6-18)8-7-29-9-11-33-12-10-29/h3-6,14,16H,7-12,15H2,1-2H3,(H,28,32). The summed E-state index contributed by atoms with van der Waals surface area (Å²) in [6.07, 6.45) is 1.48. The average Bonchev–Trinajstić information content (AvgIpc) is 2.80. The van der Waals surface area contributed by atoms with Gasteiger partial charge in [-0.3, -0.25) is 14.8 Å². The number of hydrogen-bond donors (Lipinski definition) is 1. The lowest BCUT2D eigenvalue weighted by Crippen LogP contribution is -2.53. The van der Waals surface area contributed by atoms with E-state index < -0.39 is 0 Å². The number of urea groups is 1. The number of nitrogens with one attached hydrogen (secondary N) is 1. The second-order valence-corrected chi connectivity index (χ2v) is 8.83. The highest BCUT2D eigenvalue weighted by Crippen LogP contribution is 2.23. The van der Waals surface area contributed by atoms with Crippen LogP contribution in [-0.2, 0) is 4.74 Å². The SMILES string of the molecule is CC(C)CN(NC(=O)N(CCN1CCOCC1)c1ccc(F)cc1)c1nc(C#N)ncc1Br. The van der Waals surface area contributed by atoms with Gasteiger partial charge in [-0.2, -0.15) is 10.2 Å². The summed E-state index contributed by atoms with van der Waals surface area (Å²) in [5.41, 5.74) is 3.49. The van der Waals surface area contributed by atoms with Crippen LogP contribution in [0.25, 0.3) is 0 Å². The van der Waals surface area contributed by atoms with E-state index in [-0.39, 0.29) is 23.6 Å². The first kappa shape index (κ1) is 24.8. The zero-order valence-corrected chi connectivity index (χ0v) is 20.3. The summed E-state index contributed by atoms with van der Waals surface area (Å²) in [5.74, 6) is 0.197. The molecule has 2 amide bonds. The highest BCUT2D eigenvalue weighted by molar-refractivity contribution is 9.10. The van der Waals surface area contributed by atoms with Crippen molar-refractivity contribution in [3.8, 4) is 6.07 Å². The lowest BCUT2D eigenvalue weighted by Gasteiger charge is -2.33. The maximum absolute atomic E-state index is 13.5. The Morgan fingerprint density at radius 3 is 2.67 bits per heavy atom. The smallest absolute Gasteiger partial charge is 0.340 e. The van der Waals surface area contributed by atoms with Crippen LogP contribution in [-0.4, -0.2) is 66.8 Å². The van der Waals surface area contributed by atoms with E-state index in [1.54, 1.807) is 22.0 Å². The van der Waals surface area contributed by atoms with Crippen molar-refractivity contribution in [1.29, 1.82) is 5.26 Å². The van der Waals surface area contributed by atoms with Crippen molar-refractivity contribution >= 4 is 33.5 Å². The Hall–Kier alpha value is -2.81. The van der Waals surface area contributed by atoms with Crippen LogP contribution in [0.5, 0.6) is 0 Å². The van der Waals surface area contributed by atoms with Crippen LogP contribution in [0.2, 0.25) is 0 Å². The van der Waals surface area contributed by atoms with Gasteiger partial charge in [-0.05, 0) is 46.1 Å². The topological polar surface area (TPSA) is 97.6 Å². The summed E-state index contributed by atoms with van der Waals surface area (Å²) < 4.78 is 19.5. The first-order valence-electron chi connectivity index (χ1n) is 10.7. The third-order valence-corrected chi connectivity index (χ3v) is 5.55. The zero-order chi connectivity index (χ0) is 23.8. The number of anilines is 2. The number of hydrazine groups is 1. The number of nitriles is 1. The van der Waals surface area contributed by atoms with Crippen LogP contribution in [0.15, 0.2) is 34.9 Å². The molecular weight excluding hydrogens is 493 g/mol. The fourth-order valence-corrected chi connectivity index (χ4v) is 3.77. The van der Waals surface area contributed by atoms with Crippen LogP contribution >= 0.6 is 15.9 Å². The molecule has 0 aliphatic carbocycles. The van der Waals surface area contributed by atoms with E-state index in [0.29, 0.717) is 48.8 Å². The van der Waals surface area contributed by atoms with Crippen LogP contribution < -0.4 is 15.3 Å². The summed E-state index contributed by atoms with van der Waals surface area (Å²) in [5, 5.41) is 10.8. The van der Waals surface area contributed by atoms with E-state index in [1.165, 1.54) is 18.3 Å². The Balaban J connectivity index is 1.84. The highest BCUT2D eigenvalue weighted by atomic mass is 79.9. The summed E-state index contributed by atoms with van der Waals surface area (Å²) in [4.78, 5) is 25.5. The number of carbonyl (C=O) groups excluding carboxylic acids is 1. The molecule has 0 saturated carbocycles. The fourth-order valence-electron chi connectivity index (χ4n) is 3.36. The number of halogens is 2. The lowest BCUT2D eigenvalue weighted by molar-refractivity contribution is 0.0393. The van der Waals surface area contributed by atoms with E-state index in [0.717, 1.165) is 13.1 Å². The highest BCUT2D eigenvalue weighted by Gasteiger charge is 2.23. The normalized spacial score (nSPS) is 14.1. The van der Waals surface area contributed by atoms with Gasteiger partial charge in [0.1, 0.15) is 11.9 Å². The second kappa shape index (κ2) is 11.9. The molecule has 0 radical (unpaired) electrons. The van der Waals surface area contributed by atoms with Crippen molar-refractivity contribution in [2.45, 2.75) is 13.8 Å². The summed E-state index contributed by atoms with van der Waals surface area (Å²) in [6.45, 7) is 8.43. The zero-order valence-electron chi connectivity index (χ0n) is 18.7. The maximum Gasteiger partial charge on any atom is 0.340 e. The summed E-state index contributed by atoms with van der Waals surface area (Å²) in [7, 11) is 0. The van der Waals surface area contributed by atoms with Gasteiger partial charge in [-0.15, -0.1) is 0 Å². The van der Waals surface area contributed by atoms with Crippen molar-refractivity contribution in [3.63, 3.8) is 0 Å². The quantitative estimate of drug-likeness (QED) is 0.534. The lowest BCUT2D eigenvalue weighted by atomic mass is 10.2. The van der Waals surface area contributed by atoms with Crippen LogP contribution in [0, 0.1) is 23.1 Å². The van der Waals surface area contributed by atoms with Gasteiger partial charge >= 0.3 is 6.03 Å². The van der Waals surface area contributed by atoms with Gasteiger partial charge in [0.05, 0.1) is 17.7 Å². The summed E-state index contributed by atoms with van der Waals surface area (Å²) in [6, 6.07) is 7.35. The van der Waals surface area contributed by atoms with Crippen molar-refractivity contribution in [1.82, 2.24) is 20.3 Å². The molecule has 1 saturated heterocycles. The predicted molar refractivity (Wildman–Crippen MR) is 126 cm³/mol. The Kier molecular flexibility index (Phi) is 8.94. The number of aromatic nitrogens is 2. The monoisotopic (exact) mass is 519 g/mol. The number of amides is 2. The molecule has 1 aliphatic rings.